The summed E-state index contributed by atoms with van der Waals surface area (Å²) < 4.78 is 37.2. The lowest BCUT2D eigenvalue weighted by Crippen LogP contribution is -2.33. The van der Waals surface area contributed by atoms with E-state index in [2.05, 4.69) is 15.0 Å². The van der Waals surface area contributed by atoms with Gasteiger partial charge >= 0.3 is 6.18 Å². The summed E-state index contributed by atoms with van der Waals surface area (Å²) in [7, 11) is 0. The number of alkyl halides is 3. The normalized spacial score (nSPS) is 10.8. The number of rotatable bonds is 6. The van der Waals surface area contributed by atoms with Crippen molar-refractivity contribution in [2.24, 2.45) is 0 Å². The van der Waals surface area contributed by atoms with E-state index in [9.17, 15) is 18.0 Å². The number of nitrogens with zero attached hydrogens (tertiary/aromatic N) is 4. The van der Waals surface area contributed by atoms with Gasteiger partial charge in [0.15, 0.2) is 5.82 Å². The van der Waals surface area contributed by atoms with Crippen LogP contribution in [-0.4, -0.2) is 33.6 Å². The van der Waals surface area contributed by atoms with Gasteiger partial charge in [0.1, 0.15) is 12.4 Å². The van der Waals surface area contributed by atoms with E-state index in [1.807, 2.05) is 46.6 Å². The predicted octanol–water partition coefficient (Wildman–Crippen LogP) is 5.72. The summed E-state index contributed by atoms with van der Waals surface area (Å²) in [5.41, 5.74) is 2.35. The van der Waals surface area contributed by atoms with Gasteiger partial charge in [0.05, 0.1) is 0 Å². The first kappa shape index (κ1) is 24.7. The van der Waals surface area contributed by atoms with Crippen molar-refractivity contribution >= 4 is 35.5 Å². The highest BCUT2D eigenvalue weighted by Crippen LogP contribution is 2.33. The summed E-state index contributed by atoms with van der Waals surface area (Å²) in [6.07, 6.45) is 0.495. The van der Waals surface area contributed by atoms with Crippen LogP contribution in [0.3, 0.4) is 0 Å². The summed E-state index contributed by atoms with van der Waals surface area (Å²) in [5.74, 6) is 0.264. The molecule has 0 aliphatic carbocycles. The number of halogens is 4. The summed E-state index contributed by atoms with van der Waals surface area (Å²) in [6, 6.07) is 21.1. The second-order valence-corrected chi connectivity index (χ2v) is 7.00. The average Bonchev–Trinajstić information content (AvgIpc) is 2.84. The fourth-order valence-corrected chi connectivity index (χ4v) is 3.14. The van der Waals surface area contributed by atoms with E-state index < -0.39 is 18.6 Å². The van der Waals surface area contributed by atoms with Crippen molar-refractivity contribution in [2.45, 2.75) is 6.18 Å². The molecule has 0 spiro atoms. The zero-order valence-corrected chi connectivity index (χ0v) is 18.4. The molecule has 174 valence electrons. The van der Waals surface area contributed by atoms with Gasteiger partial charge < -0.3 is 5.32 Å². The minimum absolute atomic E-state index is 0. The van der Waals surface area contributed by atoms with Crippen LogP contribution in [0.1, 0.15) is 10.4 Å². The summed E-state index contributed by atoms with van der Waals surface area (Å²) in [4.78, 5) is 27.0. The van der Waals surface area contributed by atoms with Crippen LogP contribution in [0.15, 0.2) is 91.4 Å². The third-order valence-corrected chi connectivity index (χ3v) is 4.64. The molecule has 0 atom stereocenters. The van der Waals surface area contributed by atoms with Gasteiger partial charge in [-0.1, -0.05) is 18.2 Å². The van der Waals surface area contributed by atoms with Crippen LogP contribution in [-0.2, 0) is 0 Å². The van der Waals surface area contributed by atoms with Crippen LogP contribution in [0, 0.1) is 0 Å². The third kappa shape index (κ3) is 6.08. The number of amides is 1. The number of carbonyl (C=O) groups is 1. The van der Waals surface area contributed by atoms with Gasteiger partial charge in [-0.2, -0.15) is 13.2 Å². The van der Waals surface area contributed by atoms with Crippen LogP contribution in [0.4, 0.5) is 30.4 Å². The van der Waals surface area contributed by atoms with E-state index in [4.69, 9.17) is 0 Å². The quantitative estimate of drug-likeness (QED) is 0.378. The Morgan fingerprint density at radius 3 is 2.24 bits per heavy atom. The van der Waals surface area contributed by atoms with Gasteiger partial charge in [-0.3, -0.25) is 14.7 Å². The molecule has 2 aromatic carbocycles. The SMILES string of the molecule is Cl.O=C(NCC(F)(F)F)c1ccc(N(c2ccccc2)c2ccnc(-c3cccnc3)n2)cc1. The second kappa shape index (κ2) is 10.8. The van der Waals surface area contributed by atoms with Crippen LogP contribution in [0.25, 0.3) is 11.4 Å². The molecule has 0 bridgehead atoms. The van der Waals surface area contributed by atoms with Crippen molar-refractivity contribution in [2.75, 3.05) is 11.4 Å². The Balaban J connectivity index is 0.00000324. The van der Waals surface area contributed by atoms with Crippen molar-refractivity contribution in [3.05, 3.63) is 97.0 Å². The minimum atomic E-state index is -4.47. The highest BCUT2D eigenvalue weighted by atomic mass is 35.5. The number of carbonyl (C=O) groups excluding carboxylic acids is 1. The molecule has 1 N–H and O–H groups in total. The number of pyridine rings is 1. The lowest BCUT2D eigenvalue weighted by atomic mass is 10.1. The second-order valence-electron chi connectivity index (χ2n) is 7.00. The Hall–Kier alpha value is -3.98. The Morgan fingerprint density at radius 1 is 0.882 bits per heavy atom. The molecule has 4 rings (SSSR count). The standard InChI is InChI=1S/C24H18F3N5O.ClH/c25-24(26,27)16-30-23(33)17-8-10-20(11-9-17)32(19-6-2-1-3-7-19)21-12-14-29-22(31-21)18-5-4-13-28-15-18;/h1-15H,16H2,(H,30,33);1H. The van der Waals surface area contributed by atoms with Crippen molar-refractivity contribution < 1.29 is 18.0 Å². The molecule has 0 aliphatic rings. The number of nitrogens with one attached hydrogen (secondary N) is 1. The van der Waals surface area contributed by atoms with Gasteiger partial charge in [-0.05, 0) is 54.6 Å². The van der Waals surface area contributed by atoms with Crippen LogP contribution in [0.5, 0.6) is 0 Å². The Labute approximate surface area is 199 Å². The minimum Gasteiger partial charge on any atom is -0.343 e. The van der Waals surface area contributed by atoms with Crippen molar-refractivity contribution in [1.82, 2.24) is 20.3 Å². The lowest BCUT2D eigenvalue weighted by Gasteiger charge is -2.24. The van der Waals surface area contributed by atoms with Crippen molar-refractivity contribution in [3.8, 4) is 11.4 Å². The number of hydrogen-bond donors (Lipinski definition) is 1. The molecule has 34 heavy (non-hydrogen) atoms. The van der Waals surface area contributed by atoms with Gasteiger partial charge in [-0.25, -0.2) is 9.97 Å². The maximum absolute atomic E-state index is 12.4. The summed E-state index contributed by atoms with van der Waals surface area (Å²) >= 11 is 0. The fourth-order valence-electron chi connectivity index (χ4n) is 3.14. The molecular formula is C24H19ClF3N5O. The van der Waals surface area contributed by atoms with E-state index in [1.54, 1.807) is 42.9 Å². The van der Waals surface area contributed by atoms with Crippen LogP contribution in [0.2, 0.25) is 0 Å². The van der Waals surface area contributed by atoms with Crippen molar-refractivity contribution in [3.63, 3.8) is 0 Å². The average molecular weight is 486 g/mol. The smallest absolute Gasteiger partial charge is 0.343 e. The van der Waals surface area contributed by atoms with Crippen molar-refractivity contribution in [1.29, 1.82) is 0 Å². The number of aromatic nitrogens is 3. The Kier molecular flexibility index (Phi) is 7.80. The molecule has 0 aliphatic heterocycles. The van der Waals surface area contributed by atoms with Crippen LogP contribution >= 0.6 is 12.4 Å². The molecule has 6 nitrogen and oxygen atoms in total. The molecule has 0 unspecified atom stereocenters. The third-order valence-electron chi connectivity index (χ3n) is 4.64. The Morgan fingerprint density at radius 2 is 1.59 bits per heavy atom. The largest absolute Gasteiger partial charge is 0.405 e. The summed E-state index contributed by atoms with van der Waals surface area (Å²) in [5, 5.41) is 1.87. The van der Waals surface area contributed by atoms with Gasteiger partial charge in [0, 0.05) is 41.1 Å². The highest BCUT2D eigenvalue weighted by Gasteiger charge is 2.28. The first-order valence-corrected chi connectivity index (χ1v) is 9.94. The van der Waals surface area contributed by atoms with Gasteiger partial charge in [-0.15, -0.1) is 12.4 Å². The molecule has 10 heteroatoms. The molecule has 0 radical (unpaired) electrons. The van der Waals surface area contributed by atoms with E-state index in [0.29, 0.717) is 17.3 Å². The molecule has 0 fully saturated rings. The van der Waals surface area contributed by atoms with E-state index in [0.717, 1.165) is 11.3 Å². The van der Waals surface area contributed by atoms with Gasteiger partial charge in [0.2, 0.25) is 0 Å². The number of hydrogen-bond acceptors (Lipinski definition) is 5. The molecular weight excluding hydrogens is 467 g/mol. The number of anilines is 3. The van der Waals surface area contributed by atoms with E-state index in [1.165, 1.54) is 12.1 Å². The lowest BCUT2D eigenvalue weighted by molar-refractivity contribution is -0.123. The monoisotopic (exact) mass is 485 g/mol. The maximum atomic E-state index is 12.4. The topological polar surface area (TPSA) is 71.0 Å². The molecule has 1 amide bonds. The first-order valence-electron chi connectivity index (χ1n) is 9.94. The first-order chi connectivity index (χ1) is 15.9. The molecule has 0 saturated carbocycles. The summed E-state index contributed by atoms with van der Waals surface area (Å²) in [6.45, 7) is -1.39. The molecule has 0 saturated heterocycles. The zero-order valence-electron chi connectivity index (χ0n) is 17.6. The van der Waals surface area contributed by atoms with E-state index in [-0.39, 0.29) is 18.0 Å². The zero-order chi connectivity index (χ0) is 23.3. The Bertz CT molecular complexity index is 1220. The molecule has 2 heterocycles. The van der Waals surface area contributed by atoms with E-state index >= 15 is 0 Å². The fraction of sp³-hybridized carbons (Fsp3) is 0.0833. The predicted molar refractivity (Wildman–Crippen MR) is 126 cm³/mol. The van der Waals surface area contributed by atoms with Gasteiger partial charge in [0.25, 0.3) is 5.91 Å². The maximum Gasteiger partial charge on any atom is 0.405 e. The number of para-hydroxylation sites is 1. The number of benzene rings is 2. The van der Waals surface area contributed by atoms with Crippen LogP contribution < -0.4 is 10.2 Å². The highest BCUT2D eigenvalue weighted by molar-refractivity contribution is 5.94. The molecule has 4 aromatic rings. The molecule has 2 aromatic heterocycles.